The summed E-state index contributed by atoms with van der Waals surface area (Å²) in [7, 11) is 1.61. The number of piperazine rings is 1. The second-order valence-electron chi connectivity index (χ2n) is 7.11. The molecule has 1 aromatic carbocycles. The lowest BCUT2D eigenvalue weighted by atomic mass is 10.1. The first-order valence-electron chi connectivity index (χ1n) is 8.27. The normalized spacial score (nSPS) is 18.0. The molecule has 1 heterocycles. The highest BCUT2D eigenvalue weighted by Crippen LogP contribution is 2.19. The summed E-state index contributed by atoms with van der Waals surface area (Å²) in [6.07, 6.45) is -0.580. The number of halogens is 1. The first-order chi connectivity index (χ1) is 11.7. The van der Waals surface area contributed by atoms with Crippen molar-refractivity contribution in [2.24, 2.45) is 0 Å². The van der Waals surface area contributed by atoms with Crippen LogP contribution in [0.15, 0.2) is 24.3 Å². The van der Waals surface area contributed by atoms with Gasteiger partial charge in [-0.2, -0.15) is 0 Å². The third-order valence-corrected chi connectivity index (χ3v) is 3.94. The molecule has 1 aliphatic heterocycles. The molecular weight excluding hydrogens is 360 g/mol. The van der Waals surface area contributed by atoms with Crippen LogP contribution in [0, 0.1) is 0 Å². The van der Waals surface area contributed by atoms with Gasteiger partial charge in [0.15, 0.2) is 0 Å². The zero-order valence-electron chi connectivity index (χ0n) is 15.6. The highest BCUT2D eigenvalue weighted by Gasteiger charge is 2.37. The van der Waals surface area contributed by atoms with Crippen LogP contribution in [0.3, 0.4) is 0 Å². The minimum absolute atomic E-state index is 0. The maximum atomic E-state index is 12.3. The van der Waals surface area contributed by atoms with Gasteiger partial charge in [-0.25, -0.2) is 9.59 Å². The largest absolute Gasteiger partial charge is 0.497 e. The van der Waals surface area contributed by atoms with E-state index in [-0.39, 0.29) is 19.0 Å². The standard InChI is InChI=1S/C18H26N2O5.ClH/c1-18(2,3)25-17(23)20-10-9-19(12-15(20)16(21)22)11-13-5-7-14(24-4)8-6-13;/h5-8,15H,9-12H2,1-4H3,(H,21,22);1H. The molecule has 7 nitrogen and oxygen atoms in total. The number of amides is 1. The predicted octanol–water partition coefficient (Wildman–Crippen LogP) is 2.62. The number of hydrogen-bond donors (Lipinski definition) is 1. The van der Waals surface area contributed by atoms with Gasteiger partial charge in [0.2, 0.25) is 0 Å². The van der Waals surface area contributed by atoms with E-state index in [1.807, 2.05) is 29.2 Å². The van der Waals surface area contributed by atoms with Crippen LogP contribution in [0.1, 0.15) is 26.3 Å². The summed E-state index contributed by atoms with van der Waals surface area (Å²) in [4.78, 5) is 27.2. The van der Waals surface area contributed by atoms with E-state index >= 15 is 0 Å². The van der Waals surface area contributed by atoms with Crippen molar-refractivity contribution >= 4 is 24.5 Å². The molecule has 26 heavy (non-hydrogen) atoms. The Morgan fingerprint density at radius 1 is 1.19 bits per heavy atom. The van der Waals surface area contributed by atoms with Crippen molar-refractivity contribution in [3.05, 3.63) is 29.8 Å². The van der Waals surface area contributed by atoms with Crippen LogP contribution >= 0.6 is 12.4 Å². The second-order valence-corrected chi connectivity index (χ2v) is 7.11. The summed E-state index contributed by atoms with van der Waals surface area (Å²) in [6, 6.07) is 6.74. The van der Waals surface area contributed by atoms with Crippen LogP contribution < -0.4 is 4.74 Å². The van der Waals surface area contributed by atoms with Crippen LogP contribution in [-0.2, 0) is 16.1 Å². The second kappa shape index (κ2) is 9.09. The highest BCUT2D eigenvalue weighted by molar-refractivity contribution is 5.85. The number of carboxylic acids is 1. The topological polar surface area (TPSA) is 79.3 Å². The Balaban J connectivity index is 0.00000338. The number of benzene rings is 1. The quantitative estimate of drug-likeness (QED) is 0.856. The number of carbonyl (C=O) groups is 2. The Morgan fingerprint density at radius 3 is 2.31 bits per heavy atom. The first kappa shape index (κ1) is 22.1. The fourth-order valence-corrected chi connectivity index (χ4v) is 2.72. The molecule has 0 aliphatic carbocycles. The lowest BCUT2D eigenvalue weighted by Gasteiger charge is -2.39. The van der Waals surface area contributed by atoms with E-state index in [2.05, 4.69) is 0 Å². The van der Waals surface area contributed by atoms with Crippen molar-refractivity contribution in [3.8, 4) is 5.75 Å². The van der Waals surface area contributed by atoms with Gasteiger partial charge in [-0.15, -0.1) is 12.4 Å². The van der Waals surface area contributed by atoms with E-state index in [1.54, 1.807) is 27.9 Å². The zero-order chi connectivity index (χ0) is 18.6. The molecule has 8 heteroatoms. The number of carbonyl (C=O) groups excluding carboxylic acids is 1. The maximum absolute atomic E-state index is 12.3. The van der Waals surface area contributed by atoms with Gasteiger partial charge in [0.05, 0.1) is 7.11 Å². The van der Waals surface area contributed by atoms with Gasteiger partial charge >= 0.3 is 12.1 Å². The summed E-state index contributed by atoms with van der Waals surface area (Å²) in [5.74, 6) is -0.243. The van der Waals surface area contributed by atoms with E-state index in [4.69, 9.17) is 9.47 Å². The Kier molecular flexibility index (Phi) is 7.71. The summed E-state index contributed by atoms with van der Waals surface area (Å²) in [5, 5.41) is 9.52. The van der Waals surface area contributed by atoms with Crippen LogP contribution in [0.2, 0.25) is 0 Å². The highest BCUT2D eigenvalue weighted by atomic mass is 35.5. The smallest absolute Gasteiger partial charge is 0.411 e. The van der Waals surface area contributed by atoms with Crippen LogP contribution in [0.25, 0.3) is 0 Å². The van der Waals surface area contributed by atoms with E-state index in [1.165, 1.54) is 4.90 Å². The van der Waals surface area contributed by atoms with Crippen LogP contribution in [-0.4, -0.2) is 65.4 Å². The average molecular weight is 387 g/mol. The van der Waals surface area contributed by atoms with Crippen molar-refractivity contribution < 1.29 is 24.2 Å². The molecule has 0 bridgehead atoms. The number of ether oxygens (including phenoxy) is 2. The SMILES string of the molecule is COc1ccc(CN2CCN(C(=O)OC(C)(C)C)C(C(=O)O)C2)cc1.Cl. The molecule has 0 spiro atoms. The number of rotatable bonds is 4. The summed E-state index contributed by atoms with van der Waals surface area (Å²) in [6.45, 7) is 7.09. The van der Waals surface area contributed by atoms with Crippen LogP contribution in [0.5, 0.6) is 5.75 Å². The fourth-order valence-electron chi connectivity index (χ4n) is 2.72. The van der Waals surface area contributed by atoms with E-state index in [0.29, 0.717) is 19.6 Å². The number of hydrogen-bond acceptors (Lipinski definition) is 5. The molecule has 0 aromatic heterocycles. The van der Waals surface area contributed by atoms with Gasteiger partial charge in [0.1, 0.15) is 17.4 Å². The minimum Gasteiger partial charge on any atom is -0.497 e. The Morgan fingerprint density at radius 2 is 1.81 bits per heavy atom. The third-order valence-electron chi connectivity index (χ3n) is 3.94. The van der Waals surface area contributed by atoms with Gasteiger partial charge in [-0.1, -0.05) is 12.1 Å². The molecule has 1 fully saturated rings. The van der Waals surface area contributed by atoms with E-state index in [9.17, 15) is 14.7 Å². The Hall–Kier alpha value is -1.99. The van der Waals surface area contributed by atoms with Gasteiger partial charge in [0, 0.05) is 26.2 Å². The number of carboxylic acid groups (broad SMARTS) is 1. The molecule has 1 unspecified atom stereocenters. The molecular formula is C18H27ClN2O5. The molecule has 1 N–H and O–H groups in total. The fraction of sp³-hybridized carbons (Fsp3) is 0.556. The third kappa shape index (κ3) is 6.07. The molecule has 146 valence electrons. The van der Waals surface area contributed by atoms with Gasteiger partial charge in [-0.3, -0.25) is 9.80 Å². The van der Waals surface area contributed by atoms with Crippen molar-refractivity contribution in [1.29, 1.82) is 0 Å². The van der Waals surface area contributed by atoms with Crippen LogP contribution in [0.4, 0.5) is 4.79 Å². The Bertz CT molecular complexity index is 615. The first-order valence-corrected chi connectivity index (χ1v) is 8.27. The molecule has 1 amide bonds. The minimum atomic E-state index is -1.02. The predicted molar refractivity (Wildman–Crippen MR) is 99.9 cm³/mol. The molecule has 1 aliphatic rings. The summed E-state index contributed by atoms with van der Waals surface area (Å²) < 4.78 is 10.5. The summed E-state index contributed by atoms with van der Waals surface area (Å²) in [5.41, 5.74) is 0.413. The lowest BCUT2D eigenvalue weighted by molar-refractivity contribution is -0.145. The average Bonchev–Trinajstić information content (AvgIpc) is 2.53. The van der Waals surface area contributed by atoms with Crippen molar-refractivity contribution in [2.45, 2.75) is 39.0 Å². The molecule has 2 rings (SSSR count). The molecule has 0 saturated carbocycles. The summed E-state index contributed by atoms with van der Waals surface area (Å²) >= 11 is 0. The molecule has 1 saturated heterocycles. The molecule has 1 atom stereocenters. The van der Waals surface area contributed by atoms with E-state index < -0.39 is 23.7 Å². The van der Waals surface area contributed by atoms with Gasteiger partial charge < -0.3 is 14.6 Å². The van der Waals surface area contributed by atoms with Crippen molar-refractivity contribution in [3.63, 3.8) is 0 Å². The number of methoxy groups -OCH3 is 1. The number of aliphatic carboxylic acids is 1. The Labute approximate surface area is 160 Å². The van der Waals surface area contributed by atoms with Crippen molar-refractivity contribution in [2.75, 3.05) is 26.7 Å². The van der Waals surface area contributed by atoms with E-state index in [0.717, 1.165) is 11.3 Å². The molecule has 0 radical (unpaired) electrons. The maximum Gasteiger partial charge on any atom is 0.411 e. The van der Waals surface area contributed by atoms with Gasteiger partial charge in [-0.05, 0) is 38.5 Å². The molecule has 1 aromatic rings. The van der Waals surface area contributed by atoms with Gasteiger partial charge in [0.25, 0.3) is 0 Å². The number of nitrogens with zero attached hydrogens (tertiary/aromatic N) is 2. The zero-order valence-corrected chi connectivity index (χ0v) is 16.4. The monoisotopic (exact) mass is 386 g/mol. The van der Waals surface area contributed by atoms with Crippen molar-refractivity contribution in [1.82, 2.24) is 9.80 Å². The lowest BCUT2D eigenvalue weighted by Crippen LogP contribution is -2.58.